The Hall–Kier alpha value is -3.74. The van der Waals surface area contributed by atoms with E-state index in [1.165, 1.54) is 11.2 Å². The molecule has 1 aromatic carbocycles. The van der Waals surface area contributed by atoms with Crippen molar-refractivity contribution in [3.05, 3.63) is 82.7 Å². The van der Waals surface area contributed by atoms with Gasteiger partial charge in [0.05, 0.1) is 25.0 Å². The van der Waals surface area contributed by atoms with Crippen LogP contribution in [0.4, 0.5) is 0 Å². The number of aryl methyl sites for hydroxylation is 2. The topological polar surface area (TPSA) is 93.1 Å². The highest BCUT2D eigenvalue weighted by atomic mass is 16.5. The molecule has 1 amide bonds. The van der Waals surface area contributed by atoms with Crippen LogP contribution in [0.5, 0.6) is 5.75 Å². The quantitative estimate of drug-likeness (QED) is 0.358. The molecule has 1 atom stereocenters. The Kier molecular flexibility index (Phi) is 5.42. The highest BCUT2D eigenvalue weighted by molar-refractivity contribution is 6.46. The maximum atomic E-state index is 13.0. The molecule has 160 valence electrons. The second kappa shape index (κ2) is 8.18. The number of carbonyl (C=O) groups is 2. The zero-order chi connectivity index (χ0) is 22.1. The van der Waals surface area contributed by atoms with E-state index in [9.17, 15) is 14.7 Å². The molecule has 0 aliphatic carbocycles. The van der Waals surface area contributed by atoms with E-state index in [0.29, 0.717) is 35.2 Å². The Balaban J connectivity index is 1.82. The van der Waals surface area contributed by atoms with Gasteiger partial charge in [0.2, 0.25) is 0 Å². The Morgan fingerprint density at radius 1 is 1.16 bits per heavy atom. The van der Waals surface area contributed by atoms with Gasteiger partial charge in [0.25, 0.3) is 11.7 Å². The molecule has 0 spiro atoms. The minimum absolute atomic E-state index is 0.0190. The number of rotatable bonds is 6. The van der Waals surface area contributed by atoms with Crippen molar-refractivity contribution in [1.82, 2.24) is 4.90 Å². The van der Waals surface area contributed by atoms with E-state index in [0.717, 1.165) is 5.56 Å². The molecular weight excluding hydrogens is 398 g/mol. The molecule has 7 heteroatoms. The number of aliphatic hydroxyl groups excluding tert-OH is 1. The minimum Gasteiger partial charge on any atom is -0.507 e. The van der Waals surface area contributed by atoms with Crippen LogP contribution in [0.15, 0.2) is 63.1 Å². The van der Waals surface area contributed by atoms with Crippen molar-refractivity contribution in [1.29, 1.82) is 0 Å². The SMILES string of the molecule is CCOc1ccc(/C(O)=C2/C(=O)C(=O)N(Cc3ccco3)C2c2ccc(C)o2)cc1C. The Labute approximate surface area is 179 Å². The molecule has 7 nitrogen and oxygen atoms in total. The maximum Gasteiger partial charge on any atom is 0.296 e. The number of ether oxygens (including phenoxy) is 1. The molecule has 2 aromatic heterocycles. The standard InChI is InChI=1S/C24H23NO6/c1-4-29-18-10-8-16(12-14(18)2)22(26)20-21(19-9-7-15(3)31-19)25(24(28)23(20)27)13-17-6-5-11-30-17/h5-12,21,26H,4,13H2,1-3H3/b22-20-. The highest BCUT2D eigenvalue weighted by Crippen LogP contribution is 2.41. The van der Waals surface area contributed by atoms with Crippen molar-refractivity contribution < 1.29 is 28.3 Å². The van der Waals surface area contributed by atoms with Gasteiger partial charge >= 0.3 is 0 Å². The van der Waals surface area contributed by atoms with Crippen molar-refractivity contribution in [3.8, 4) is 5.75 Å². The van der Waals surface area contributed by atoms with Gasteiger partial charge in [-0.1, -0.05) is 0 Å². The zero-order valence-electron chi connectivity index (χ0n) is 17.5. The van der Waals surface area contributed by atoms with Gasteiger partial charge in [-0.2, -0.15) is 0 Å². The summed E-state index contributed by atoms with van der Waals surface area (Å²) in [5, 5.41) is 11.1. The molecule has 0 saturated carbocycles. The summed E-state index contributed by atoms with van der Waals surface area (Å²) in [4.78, 5) is 27.3. The van der Waals surface area contributed by atoms with E-state index in [-0.39, 0.29) is 17.9 Å². The number of Topliss-reactive ketones (excluding diaryl/α,β-unsaturated/α-hetero) is 1. The number of carbonyl (C=O) groups excluding carboxylic acids is 2. The first-order chi connectivity index (χ1) is 14.9. The van der Waals surface area contributed by atoms with Crippen molar-refractivity contribution in [2.45, 2.75) is 33.4 Å². The van der Waals surface area contributed by atoms with E-state index >= 15 is 0 Å². The molecule has 1 aliphatic rings. The zero-order valence-corrected chi connectivity index (χ0v) is 17.5. The van der Waals surface area contributed by atoms with Gasteiger partial charge in [-0.3, -0.25) is 9.59 Å². The molecule has 1 N–H and O–H groups in total. The first kappa shape index (κ1) is 20.5. The lowest BCUT2D eigenvalue weighted by Gasteiger charge is -2.22. The summed E-state index contributed by atoms with van der Waals surface area (Å²) in [6, 6.07) is 11.1. The average molecular weight is 421 g/mol. The minimum atomic E-state index is -0.870. The van der Waals surface area contributed by atoms with E-state index in [2.05, 4.69) is 0 Å². The first-order valence-corrected chi connectivity index (χ1v) is 10.0. The number of benzene rings is 1. The molecular formula is C24H23NO6. The van der Waals surface area contributed by atoms with Crippen LogP contribution < -0.4 is 4.74 Å². The lowest BCUT2D eigenvalue weighted by atomic mass is 9.98. The van der Waals surface area contributed by atoms with Crippen LogP contribution in [-0.2, 0) is 16.1 Å². The summed E-state index contributed by atoms with van der Waals surface area (Å²) < 4.78 is 16.7. The summed E-state index contributed by atoms with van der Waals surface area (Å²) in [6.45, 7) is 6.10. The second-order valence-electron chi connectivity index (χ2n) is 7.37. The normalized spacial score (nSPS) is 18.0. The monoisotopic (exact) mass is 421 g/mol. The predicted molar refractivity (Wildman–Crippen MR) is 112 cm³/mol. The van der Waals surface area contributed by atoms with Gasteiger partial charge < -0.3 is 23.6 Å². The van der Waals surface area contributed by atoms with Gasteiger partial charge in [0, 0.05) is 5.56 Å². The summed E-state index contributed by atoms with van der Waals surface area (Å²) in [6.07, 6.45) is 1.50. The van der Waals surface area contributed by atoms with E-state index in [1.807, 2.05) is 13.8 Å². The average Bonchev–Trinajstić information content (AvgIpc) is 3.46. The van der Waals surface area contributed by atoms with Crippen LogP contribution in [0.3, 0.4) is 0 Å². The maximum absolute atomic E-state index is 13.0. The lowest BCUT2D eigenvalue weighted by molar-refractivity contribution is -0.140. The Bertz CT molecular complexity index is 1150. The third-order valence-electron chi connectivity index (χ3n) is 5.23. The fourth-order valence-electron chi connectivity index (χ4n) is 3.78. The van der Waals surface area contributed by atoms with E-state index in [1.54, 1.807) is 49.4 Å². The van der Waals surface area contributed by atoms with Gasteiger partial charge in [0.15, 0.2) is 0 Å². The summed E-state index contributed by atoms with van der Waals surface area (Å²) in [7, 11) is 0. The number of hydrogen-bond acceptors (Lipinski definition) is 6. The predicted octanol–water partition coefficient (Wildman–Crippen LogP) is 4.51. The number of aliphatic hydroxyl groups is 1. The summed E-state index contributed by atoms with van der Waals surface area (Å²) in [5.74, 6) is 0.491. The smallest absolute Gasteiger partial charge is 0.296 e. The molecule has 31 heavy (non-hydrogen) atoms. The molecule has 3 heterocycles. The van der Waals surface area contributed by atoms with Gasteiger partial charge in [-0.25, -0.2) is 0 Å². The third kappa shape index (κ3) is 3.74. The van der Waals surface area contributed by atoms with Crippen LogP contribution in [0.25, 0.3) is 5.76 Å². The largest absolute Gasteiger partial charge is 0.507 e. The van der Waals surface area contributed by atoms with Crippen molar-refractivity contribution in [3.63, 3.8) is 0 Å². The van der Waals surface area contributed by atoms with Gasteiger partial charge in [-0.05, 0) is 68.8 Å². The highest BCUT2D eigenvalue weighted by Gasteiger charge is 2.47. The molecule has 0 bridgehead atoms. The Morgan fingerprint density at radius 2 is 1.97 bits per heavy atom. The first-order valence-electron chi connectivity index (χ1n) is 10.0. The van der Waals surface area contributed by atoms with Crippen molar-refractivity contribution in [2.24, 2.45) is 0 Å². The van der Waals surface area contributed by atoms with Crippen LogP contribution in [0.2, 0.25) is 0 Å². The molecule has 1 saturated heterocycles. The fraction of sp³-hybridized carbons (Fsp3) is 0.250. The van der Waals surface area contributed by atoms with Crippen LogP contribution >= 0.6 is 0 Å². The van der Waals surface area contributed by atoms with Crippen LogP contribution in [0, 0.1) is 13.8 Å². The van der Waals surface area contributed by atoms with E-state index < -0.39 is 17.7 Å². The molecule has 0 radical (unpaired) electrons. The Morgan fingerprint density at radius 3 is 2.58 bits per heavy atom. The van der Waals surface area contributed by atoms with Gasteiger partial charge in [0.1, 0.15) is 34.8 Å². The number of ketones is 1. The molecule has 1 unspecified atom stereocenters. The van der Waals surface area contributed by atoms with Crippen LogP contribution in [-0.4, -0.2) is 28.3 Å². The molecule has 3 aromatic rings. The molecule has 4 rings (SSSR count). The molecule has 1 aliphatic heterocycles. The molecule has 1 fully saturated rings. The van der Waals surface area contributed by atoms with Crippen molar-refractivity contribution in [2.75, 3.05) is 6.61 Å². The van der Waals surface area contributed by atoms with Crippen molar-refractivity contribution >= 4 is 17.4 Å². The summed E-state index contributed by atoms with van der Waals surface area (Å²) >= 11 is 0. The third-order valence-corrected chi connectivity index (χ3v) is 5.23. The lowest BCUT2D eigenvalue weighted by Crippen LogP contribution is -2.28. The van der Waals surface area contributed by atoms with E-state index in [4.69, 9.17) is 13.6 Å². The fourth-order valence-corrected chi connectivity index (χ4v) is 3.78. The number of likely N-dealkylation sites (tertiary alicyclic amines) is 1. The summed E-state index contributed by atoms with van der Waals surface area (Å²) in [5.41, 5.74) is 1.21. The van der Waals surface area contributed by atoms with Crippen LogP contribution in [0.1, 0.15) is 41.4 Å². The second-order valence-corrected chi connectivity index (χ2v) is 7.37. The number of amides is 1. The number of hydrogen-bond donors (Lipinski definition) is 1. The number of furan rings is 2. The van der Waals surface area contributed by atoms with Gasteiger partial charge in [-0.15, -0.1) is 0 Å². The number of nitrogens with zero attached hydrogens (tertiary/aromatic N) is 1.